The first-order valence-corrected chi connectivity index (χ1v) is 8.88. The number of ether oxygens (including phenoxy) is 1. The SMILES string of the molecule is CC(Oc1ccc(-c2ccccc2)cc1)C(=O)N[C@H]1CC[C@@H](C(=O)O)C1. The van der Waals surface area contributed by atoms with Crippen LogP contribution in [0.3, 0.4) is 0 Å². The van der Waals surface area contributed by atoms with Crippen molar-refractivity contribution in [3.05, 3.63) is 54.6 Å². The Hall–Kier alpha value is -2.82. The number of hydrogen-bond donors (Lipinski definition) is 2. The number of amides is 1. The van der Waals surface area contributed by atoms with Gasteiger partial charge in [0.25, 0.3) is 5.91 Å². The molecule has 5 nitrogen and oxygen atoms in total. The van der Waals surface area contributed by atoms with Gasteiger partial charge in [-0.1, -0.05) is 42.5 Å². The Morgan fingerprint density at radius 2 is 1.69 bits per heavy atom. The van der Waals surface area contributed by atoms with E-state index in [-0.39, 0.29) is 17.9 Å². The van der Waals surface area contributed by atoms with E-state index in [4.69, 9.17) is 9.84 Å². The topological polar surface area (TPSA) is 75.6 Å². The minimum Gasteiger partial charge on any atom is -0.481 e. The smallest absolute Gasteiger partial charge is 0.306 e. The third-order valence-electron chi connectivity index (χ3n) is 4.77. The third kappa shape index (κ3) is 4.42. The third-order valence-corrected chi connectivity index (χ3v) is 4.77. The van der Waals surface area contributed by atoms with Crippen LogP contribution in [-0.4, -0.2) is 29.1 Å². The Bertz CT molecular complexity index is 757. The van der Waals surface area contributed by atoms with Gasteiger partial charge in [-0.05, 0) is 49.4 Å². The van der Waals surface area contributed by atoms with Crippen molar-refractivity contribution in [2.24, 2.45) is 5.92 Å². The minimum atomic E-state index is -0.787. The van der Waals surface area contributed by atoms with Crippen molar-refractivity contribution >= 4 is 11.9 Å². The van der Waals surface area contributed by atoms with Crippen LogP contribution in [0.15, 0.2) is 54.6 Å². The van der Waals surface area contributed by atoms with Gasteiger partial charge in [-0.2, -0.15) is 0 Å². The van der Waals surface area contributed by atoms with Gasteiger partial charge in [0.05, 0.1) is 5.92 Å². The van der Waals surface area contributed by atoms with Crippen LogP contribution in [0.25, 0.3) is 11.1 Å². The van der Waals surface area contributed by atoms with E-state index in [2.05, 4.69) is 5.32 Å². The molecule has 1 amide bonds. The molecular formula is C21H23NO4. The number of rotatable bonds is 6. The summed E-state index contributed by atoms with van der Waals surface area (Å²) in [6, 6.07) is 17.6. The molecule has 1 fully saturated rings. The highest BCUT2D eigenvalue weighted by Gasteiger charge is 2.31. The van der Waals surface area contributed by atoms with E-state index in [9.17, 15) is 9.59 Å². The molecule has 0 bridgehead atoms. The molecule has 26 heavy (non-hydrogen) atoms. The summed E-state index contributed by atoms with van der Waals surface area (Å²) in [6.07, 6.45) is 1.15. The summed E-state index contributed by atoms with van der Waals surface area (Å²) in [5, 5.41) is 11.9. The van der Waals surface area contributed by atoms with Crippen molar-refractivity contribution in [3.8, 4) is 16.9 Å². The van der Waals surface area contributed by atoms with Crippen LogP contribution in [0, 0.1) is 5.92 Å². The first-order valence-electron chi connectivity index (χ1n) is 8.88. The molecule has 0 radical (unpaired) electrons. The maximum Gasteiger partial charge on any atom is 0.306 e. The summed E-state index contributed by atoms with van der Waals surface area (Å²) in [5.41, 5.74) is 2.21. The normalized spacial score (nSPS) is 20.3. The van der Waals surface area contributed by atoms with E-state index in [1.54, 1.807) is 6.92 Å². The van der Waals surface area contributed by atoms with Gasteiger partial charge in [-0.25, -0.2) is 0 Å². The number of nitrogens with one attached hydrogen (secondary N) is 1. The lowest BCUT2D eigenvalue weighted by Gasteiger charge is -2.18. The average molecular weight is 353 g/mol. The van der Waals surface area contributed by atoms with Gasteiger partial charge in [-0.15, -0.1) is 0 Å². The van der Waals surface area contributed by atoms with Crippen molar-refractivity contribution < 1.29 is 19.4 Å². The molecule has 0 aliphatic heterocycles. The highest BCUT2D eigenvalue weighted by Crippen LogP contribution is 2.26. The van der Waals surface area contributed by atoms with Crippen LogP contribution < -0.4 is 10.1 Å². The fraction of sp³-hybridized carbons (Fsp3) is 0.333. The molecule has 1 aliphatic rings. The Morgan fingerprint density at radius 1 is 1.04 bits per heavy atom. The molecule has 3 rings (SSSR count). The van der Waals surface area contributed by atoms with Crippen LogP contribution in [-0.2, 0) is 9.59 Å². The zero-order valence-corrected chi connectivity index (χ0v) is 14.7. The predicted molar refractivity (Wildman–Crippen MR) is 98.9 cm³/mol. The van der Waals surface area contributed by atoms with E-state index in [0.29, 0.717) is 25.0 Å². The number of benzene rings is 2. The first-order chi connectivity index (χ1) is 12.5. The monoisotopic (exact) mass is 353 g/mol. The molecule has 0 heterocycles. The number of carboxylic acid groups (broad SMARTS) is 1. The number of carbonyl (C=O) groups excluding carboxylic acids is 1. The van der Waals surface area contributed by atoms with E-state index in [1.165, 1.54) is 0 Å². The fourth-order valence-electron chi connectivity index (χ4n) is 3.27. The number of hydrogen-bond acceptors (Lipinski definition) is 3. The van der Waals surface area contributed by atoms with E-state index >= 15 is 0 Å². The second-order valence-electron chi connectivity index (χ2n) is 6.70. The molecule has 0 saturated heterocycles. The number of aliphatic carboxylic acids is 1. The zero-order chi connectivity index (χ0) is 18.5. The number of carboxylic acids is 1. The lowest BCUT2D eigenvalue weighted by Crippen LogP contribution is -2.41. The van der Waals surface area contributed by atoms with Gasteiger partial charge in [0.15, 0.2) is 6.10 Å². The highest BCUT2D eigenvalue weighted by molar-refractivity contribution is 5.81. The van der Waals surface area contributed by atoms with Gasteiger partial charge in [-0.3, -0.25) is 9.59 Å². The quantitative estimate of drug-likeness (QED) is 0.833. The molecule has 2 aromatic carbocycles. The Morgan fingerprint density at radius 3 is 2.31 bits per heavy atom. The minimum absolute atomic E-state index is 0.0879. The Labute approximate surface area is 153 Å². The van der Waals surface area contributed by atoms with Crippen LogP contribution in [0.1, 0.15) is 26.2 Å². The first kappa shape index (κ1) is 18.0. The van der Waals surface area contributed by atoms with Crippen molar-refractivity contribution in [2.45, 2.75) is 38.3 Å². The molecule has 1 saturated carbocycles. The van der Waals surface area contributed by atoms with Gasteiger partial charge in [0.2, 0.25) is 0 Å². The van der Waals surface area contributed by atoms with E-state index < -0.39 is 12.1 Å². The van der Waals surface area contributed by atoms with Gasteiger partial charge < -0.3 is 15.2 Å². The van der Waals surface area contributed by atoms with E-state index in [1.807, 2.05) is 54.6 Å². The Balaban J connectivity index is 1.53. The summed E-state index contributed by atoms with van der Waals surface area (Å²) in [6.45, 7) is 1.70. The molecule has 0 aromatic heterocycles. The molecule has 136 valence electrons. The maximum atomic E-state index is 12.3. The Kier molecular flexibility index (Phi) is 5.56. The molecular weight excluding hydrogens is 330 g/mol. The van der Waals surface area contributed by atoms with Gasteiger partial charge in [0, 0.05) is 6.04 Å². The zero-order valence-electron chi connectivity index (χ0n) is 14.7. The summed E-state index contributed by atoms with van der Waals surface area (Å²) >= 11 is 0. The lowest BCUT2D eigenvalue weighted by molar-refractivity contribution is -0.141. The van der Waals surface area contributed by atoms with Gasteiger partial charge >= 0.3 is 5.97 Å². The largest absolute Gasteiger partial charge is 0.481 e. The molecule has 0 spiro atoms. The molecule has 1 aliphatic carbocycles. The summed E-state index contributed by atoms with van der Waals surface area (Å²) in [4.78, 5) is 23.3. The summed E-state index contributed by atoms with van der Waals surface area (Å²) in [5.74, 6) is -0.734. The number of carbonyl (C=O) groups is 2. The molecule has 2 aromatic rings. The predicted octanol–water partition coefficient (Wildman–Crippen LogP) is 3.49. The molecule has 2 N–H and O–H groups in total. The van der Waals surface area contributed by atoms with Crippen LogP contribution in [0.4, 0.5) is 0 Å². The fourth-order valence-corrected chi connectivity index (χ4v) is 3.27. The second kappa shape index (κ2) is 8.04. The molecule has 5 heteroatoms. The molecule has 3 atom stereocenters. The van der Waals surface area contributed by atoms with E-state index in [0.717, 1.165) is 11.1 Å². The van der Waals surface area contributed by atoms with Crippen molar-refractivity contribution in [1.29, 1.82) is 0 Å². The second-order valence-corrected chi connectivity index (χ2v) is 6.70. The highest BCUT2D eigenvalue weighted by atomic mass is 16.5. The van der Waals surface area contributed by atoms with Gasteiger partial charge in [0.1, 0.15) is 5.75 Å². The average Bonchev–Trinajstić information content (AvgIpc) is 3.12. The van der Waals surface area contributed by atoms with Crippen molar-refractivity contribution in [1.82, 2.24) is 5.32 Å². The summed E-state index contributed by atoms with van der Waals surface area (Å²) < 4.78 is 5.72. The lowest BCUT2D eigenvalue weighted by atomic mass is 10.1. The maximum absolute atomic E-state index is 12.3. The van der Waals surface area contributed by atoms with Crippen LogP contribution >= 0.6 is 0 Å². The standard InChI is InChI=1S/C21H23NO4/c1-14(20(23)22-18-10-7-17(13-18)21(24)25)26-19-11-8-16(9-12-19)15-5-3-2-4-6-15/h2-6,8-9,11-12,14,17-18H,7,10,13H2,1H3,(H,22,23)(H,24,25)/t14?,17-,18+/m1/s1. The van der Waals surface area contributed by atoms with Crippen LogP contribution in [0.2, 0.25) is 0 Å². The molecule has 1 unspecified atom stereocenters. The summed E-state index contributed by atoms with van der Waals surface area (Å²) in [7, 11) is 0. The van der Waals surface area contributed by atoms with Crippen molar-refractivity contribution in [3.63, 3.8) is 0 Å². The van der Waals surface area contributed by atoms with Crippen molar-refractivity contribution in [2.75, 3.05) is 0 Å². The van der Waals surface area contributed by atoms with Crippen LogP contribution in [0.5, 0.6) is 5.75 Å².